The van der Waals surface area contributed by atoms with Crippen LogP contribution >= 0.6 is 23.5 Å². The summed E-state index contributed by atoms with van der Waals surface area (Å²) in [5, 5.41) is 0. The van der Waals surface area contributed by atoms with Crippen molar-refractivity contribution in [3.63, 3.8) is 0 Å². The van der Waals surface area contributed by atoms with Crippen LogP contribution < -0.4 is 0 Å². The second-order valence-electron chi connectivity index (χ2n) is 4.74. The predicted molar refractivity (Wildman–Crippen MR) is 80.9 cm³/mol. The second-order valence-corrected chi connectivity index (χ2v) is 7.66. The molecule has 1 fully saturated rings. The smallest absolute Gasteiger partial charge is 0.119 e. The lowest BCUT2D eigenvalue weighted by Gasteiger charge is -2.06. The van der Waals surface area contributed by atoms with E-state index in [-0.39, 0.29) is 0 Å². The van der Waals surface area contributed by atoms with Gasteiger partial charge in [0.15, 0.2) is 0 Å². The maximum Gasteiger partial charge on any atom is 0.119 e. The number of carbonyl (C=O) groups is 1. The molecule has 17 heavy (non-hydrogen) atoms. The van der Waals surface area contributed by atoms with Crippen LogP contribution in [-0.4, -0.2) is 22.4 Å². The number of carbonyl (C=O) groups excluding carboxylic acids is 1. The van der Waals surface area contributed by atoms with Gasteiger partial charge in [0.25, 0.3) is 0 Å². The molecule has 0 aromatic carbocycles. The van der Waals surface area contributed by atoms with E-state index in [4.69, 9.17) is 0 Å². The van der Waals surface area contributed by atoms with Gasteiger partial charge in [-0.2, -0.15) is 0 Å². The van der Waals surface area contributed by atoms with Crippen LogP contribution in [0.4, 0.5) is 0 Å². The van der Waals surface area contributed by atoms with Gasteiger partial charge < -0.3 is 4.79 Å². The van der Waals surface area contributed by atoms with Crippen LogP contribution in [0.3, 0.4) is 0 Å². The summed E-state index contributed by atoms with van der Waals surface area (Å²) in [6.45, 7) is 0. The van der Waals surface area contributed by atoms with E-state index in [2.05, 4.69) is 23.5 Å². The molecule has 0 aliphatic carbocycles. The largest absolute Gasteiger partial charge is 0.303 e. The zero-order valence-corrected chi connectivity index (χ0v) is 12.5. The summed E-state index contributed by atoms with van der Waals surface area (Å²) in [6.07, 6.45) is 13.9. The highest BCUT2D eigenvalue weighted by atomic mass is 32.2. The Hall–Kier alpha value is 0.370. The first-order valence-corrected chi connectivity index (χ1v) is 9.20. The minimum atomic E-state index is 0.761. The van der Waals surface area contributed by atoms with Crippen molar-refractivity contribution >= 4 is 29.8 Å². The Morgan fingerprint density at radius 3 is 1.94 bits per heavy atom. The third-order valence-corrected chi connectivity index (χ3v) is 6.37. The number of thioether (sulfide) groups is 2. The average Bonchev–Trinajstić information content (AvgIpc) is 2.85. The number of rotatable bonds is 11. The normalized spacial score (nSPS) is 16.5. The van der Waals surface area contributed by atoms with Crippen molar-refractivity contribution in [2.75, 3.05) is 11.5 Å². The summed E-state index contributed by atoms with van der Waals surface area (Å²) >= 11 is 4.31. The molecule has 100 valence electrons. The molecule has 0 bridgehead atoms. The van der Waals surface area contributed by atoms with Crippen molar-refractivity contribution in [2.45, 2.75) is 68.8 Å². The third kappa shape index (κ3) is 9.01. The molecular formula is C14H26OS2. The van der Waals surface area contributed by atoms with Gasteiger partial charge in [-0.15, -0.1) is 23.5 Å². The first-order valence-electron chi connectivity index (χ1n) is 7.10. The highest BCUT2D eigenvalue weighted by Gasteiger charge is 2.14. The minimum Gasteiger partial charge on any atom is -0.303 e. The Kier molecular flexibility index (Phi) is 10.4. The Morgan fingerprint density at radius 2 is 1.35 bits per heavy atom. The topological polar surface area (TPSA) is 17.1 Å². The highest BCUT2D eigenvalue weighted by molar-refractivity contribution is 8.20. The lowest BCUT2D eigenvalue weighted by molar-refractivity contribution is -0.107. The van der Waals surface area contributed by atoms with Crippen LogP contribution in [0.1, 0.15) is 64.2 Å². The zero-order chi connectivity index (χ0) is 12.2. The molecule has 1 aliphatic rings. The lowest BCUT2D eigenvalue weighted by atomic mass is 10.1. The quantitative estimate of drug-likeness (QED) is 0.394. The van der Waals surface area contributed by atoms with Crippen molar-refractivity contribution in [2.24, 2.45) is 0 Å². The molecule has 1 aliphatic heterocycles. The van der Waals surface area contributed by atoms with E-state index in [1.54, 1.807) is 0 Å². The lowest BCUT2D eigenvalue weighted by Crippen LogP contribution is -1.91. The molecule has 0 aromatic rings. The number of aldehydes is 1. The molecule has 3 heteroatoms. The van der Waals surface area contributed by atoms with Crippen molar-refractivity contribution in [1.82, 2.24) is 0 Å². The highest BCUT2D eigenvalue weighted by Crippen LogP contribution is 2.35. The van der Waals surface area contributed by atoms with Gasteiger partial charge in [0.2, 0.25) is 0 Å². The standard InChI is InChI=1S/C14H26OS2/c15-11-9-7-5-3-1-2-4-6-8-10-14-16-12-13-17-14/h11,14H,1-10,12-13H2. The molecule has 1 nitrogen and oxygen atoms in total. The molecule has 0 atom stereocenters. The van der Waals surface area contributed by atoms with E-state index in [0.717, 1.165) is 23.7 Å². The van der Waals surface area contributed by atoms with E-state index in [0.29, 0.717) is 0 Å². The summed E-state index contributed by atoms with van der Waals surface area (Å²) in [6, 6.07) is 0. The van der Waals surface area contributed by atoms with Crippen LogP contribution in [-0.2, 0) is 4.79 Å². The molecule has 1 heterocycles. The number of unbranched alkanes of at least 4 members (excludes halogenated alkanes) is 8. The minimum absolute atomic E-state index is 0.761. The van der Waals surface area contributed by atoms with Crippen molar-refractivity contribution < 1.29 is 4.79 Å². The average molecular weight is 274 g/mol. The van der Waals surface area contributed by atoms with E-state index in [1.165, 1.54) is 62.9 Å². The molecule has 0 N–H and O–H groups in total. The molecule has 0 spiro atoms. The predicted octanol–water partition coefficient (Wildman–Crippen LogP) is 4.89. The molecule has 1 rings (SSSR count). The van der Waals surface area contributed by atoms with Crippen LogP contribution in [0.5, 0.6) is 0 Å². The van der Waals surface area contributed by atoms with Crippen molar-refractivity contribution in [1.29, 1.82) is 0 Å². The summed E-state index contributed by atoms with van der Waals surface area (Å²) < 4.78 is 0.915. The molecule has 0 radical (unpaired) electrons. The summed E-state index contributed by atoms with van der Waals surface area (Å²) in [7, 11) is 0. The van der Waals surface area contributed by atoms with Crippen molar-refractivity contribution in [3.05, 3.63) is 0 Å². The van der Waals surface area contributed by atoms with E-state index < -0.39 is 0 Å². The molecule has 0 saturated carbocycles. The maximum absolute atomic E-state index is 10.1. The van der Waals surface area contributed by atoms with Gasteiger partial charge in [0.1, 0.15) is 6.29 Å². The maximum atomic E-state index is 10.1. The van der Waals surface area contributed by atoms with Crippen LogP contribution in [0.15, 0.2) is 0 Å². The van der Waals surface area contributed by atoms with E-state index >= 15 is 0 Å². The first-order chi connectivity index (χ1) is 8.43. The first kappa shape index (κ1) is 15.4. The van der Waals surface area contributed by atoms with Crippen LogP contribution in [0.25, 0.3) is 0 Å². The number of hydrogen-bond acceptors (Lipinski definition) is 3. The molecule has 0 aromatic heterocycles. The van der Waals surface area contributed by atoms with Crippen molar-refractivity contribution in [3.8, 4) is 0 Å². The fraction of sp³-hybridized carbons (Fsp3) is 0.929. The Labute approximate surface area is 115 Å². The molecule has 1 saturated heterocycles. The SMILES string of the molecule is O=CCCCCCCCCCCC1SCCS1. The summed E-state index contributed by atoms with van der Waals surface area (Å²) in [4.78, 5) is 10.1. The second kappa shape index (κ2) is 11.5. The summed E-state index contributed by atoms with van der Waals surface area (Å²) in [5.74, 6) is 2.74. The van der Waals surface area contributed by atoms with Gasteiger partial charge in [0, 0.05) is 17.9 Å². The fourth-order valence-corrected chi connectivity index (χ4v) is 5.10. The Morgan fingerprint density at radius 1 is 0.824 bits per heavy atom. The fourth-order valence-electron chi connectivity index (χ4n) is 2.17. The summed E-state index contributed by atoms with van der Waals surface area (Å²) in [5.41, 5.74) is 0. The van der Waals surface area contributed by atoms with Gasteiger partial charge in [0.05, 0.1) is 4.58 Å². The molecular weight excluding hydrogens is 248 g/mol. The van der Waals surface area contributed by atoms with Gasteiger partial charge in [-0.1, -0.05) is 44.9 Å². The molecule has 0 unspecified atom stereocenters. The van der Waals surface area contributed by atoms with Crippen LogP contribution in [0, 0.1) is 0 Å². The molecule has 0 amide bonds. The van der Waals surface area contributed by atoms with Crippen LogP contribution in [0.2, 0.25) is 0 Å². The van der Waals surface area contributed by atoms with Gasteiger partial charge >= 0.3 is 0 Å². The Bertz CT molecular complexity index is 179. The zero-order valence-electron chi connectivity index (χ0n) is 10.9. The van der Waals surface area contributed by atoms with Gasteiger partial charge in [-0.3, -0.25) is 0 Å². The van der Waals surface area contributed by atoms with E-state index in [1.807, 2.05) is 0 Å². The third-order valence-electron chi connectivity index (χ3n) is 3.20. The Balaban J connectivity index is 1.70. The van der Waals surface area contributed by atoms with E-state index in [9.17, 15) is 4.79 Å². The van der Waals surface area contributed by atoms with Gasteiger partial charge in [-0.25, -0.2) is 0 Å². The number of hydrogen-bond donors (Lipinski definition) is 0. The van der Waals surface area contributed by atoms with Gasteiger partial charge in [-0.05, 0) is 12.8 Å². The monoisotopic (exact) mass is 274 g/mol.